The zero-order valence-electron chi connectivity index (χ0n) is 15.8. The zero-order valence-corrected chi connectivity index (χ0v) is 17.4. The van der Waals surface area contributed by atoms with Gasteiger partial charge in [0.05, 0.1) is 6.04 Å². The van der Waals surface area contributed by atoms with E-state index in [2.05, 4.69) is 4.74 Å². The van der Waals surface area contributed by atoms with Gasteiger partial charge in [-0.15, -0.1) is 13.2 Å². The fourth-order valence-corrected chi connectivity index (χ4v) is 4.89. The Labute approximate surface area is 188 Å². The Morgan fingerprint density at radius 2 is 1.72 bits per heavy atom. The van der Waals surface area contributed by atoms with E-state index in [4.69, 9.17) is 23.2 Å². The van der Waals surface area contributed by atoms with Crippen LogP contribution < -0.4 is 9.64 Å². The van der Waals surface area contributed by atoms with Gasteiger partial charge in [-0.1, -0.05) is 41.4 Å². The van der Waals surface area contributed by atoms with Crippen molar-refractivity contribution in [1.82, 2.24) is 0 Å². The first-order chi connectivity index (χ1) is 14.9. The first kappa shape index (κ1) is 22.8. The van der Waals surface area contributed by atoms with Crippen LogP contribution >= 0.6 is 23.2 Å². The predicted molar refractivity (Wildman–Crippen MR) is 106 cm³/mol. The topological polar surface area (TPSA) is 29.5 Å². The molecule has 0 bridgehead atoms. The number of anilines is 1. The van der Waals surface area contributed by atoms with E-state index in [1.807, 2.05) is 0 Å². The highest BCUT2D eigenvalue weighted by Gasteiger charge is 2.52. The summed E-state index contributed by atoms with van der Waals surface area (Å²) in [6, 6.07) is 6.08. The Bertz CT molecular complexity index is 1100. The summed E-state index contributed by atoms with van der Waals surface area (Å²) in [4.78, 5) is 13.1. The number of amides is 1. The molecule has 0 fully saturated rings. The second kappa shape index (κ2) is 7.88. The summed E-state index contributed by atoms with van der Waals surface area (Å²) < 4.78 is 82.8. The number of ether oxygens (including phenoxy) is 1. The molecule has 0 N–H and O–H groups in total. The van der Waals surface area contributed by atoms with E-state index in [9.17, 15) is 31.1 Å². The van der Waals surface area contributed by atoms with Crippen molar-refractivity contribution in [1.29, 1.82) is 0 Å². The van der Waals surface area contributed by atoms with E-state index >= 15 is 0 Å². The molecule has 0 spiro atoms. The number of hydrogen-bond donors (Lipinski definition) is 0. The second-order valence-corrected chi connectivity index (χ2v) is 8.25. The van der Waals surface area contributed by atoms with E-state index in [1.54, 1.807) is 12.2 Å². The fourth-order valence-electron chi connectivity index (χ4n) is 4.37. The van der Waals surface area contributed by atoms with Crippen molar-refractivity contribution in [2.45, 2.75) is 30.9 Å². The van der Waals surface area contributed by atoms with Crippen molar-refractivity contribution in [3.8, 4) is 5.75 Å². The van der Waals surface area contributed by atoms with Crippen LogP contribution in [-0.4, -0.2) is 18.4 Å². The summed E-state index contributed by atoms with van der Waals surface area (Å²) in [5, 5.41) is 0.340. The third-order valence-corrected chi connectivity index (χ3v) is 6.05. The number of halogens is 8. The highest BCUT2D eigenvalue weighted by atomic mass is 35.5. The van der Waals surface area contributed by atoms with Crippen molar-refractivity contribution >= 4 is 34.8 Å². The summed E-state index contributed by atoms with van der Waals surface area (Å²) in [5.74, 6) is -3.87. The third-order valence-electron chi connectivity index (χ3n) is 5.49. The van der Waals surface area contributed by atoms with Crippen LogP contribution in [-0.2, 0) is 4.79 Å². The number of benzene rings is 2. The summed E-state index contributed by atoms with van der Waals surface area (Å²) >= 11 is 12.2. The number of carbonyl (C=O) groups excluding carboxylic acids is 1. The molecular weight excluding hydrogens is 483 g/mol. The van der Waals surface area contributed by atoms with Gasteiger partial charge in [-0.2, -0.15) is 13.2 Å². The van der Waals surface area contributed by atoms with Gasteiger partial charge in [0.15, 0.2) is 0 Å². The van der Waals surface area contributed by atoms with Gasteiger partial charge in [-0.05, 0) is 53.8 Å². The van der Waals surface area contributed by atoms with Gasteiger partial charge in [-0.3, -0.25) is 9.69 Å². The average molecular weight is 496 g/mol. The quantitative estimate of drug-likeness (QED) is 0.325. The molecule has 3 atom stereocenters. The highest BCUT2D eigenvalue weighted by molar-refractivity contribution is 6.35. The number of carbonyl (C=O) groups is 1. The van der Waals surface area contributed by atoms with Gasteiger partial charge in [0.1, 0.15) is 5.75 Å². The van der Waals surface area contributed by atoms with Gasteiger partial charge < -0.3 is 4.74 Å². The van der Waals surface area contributed by atoms with Gasteiger partial charge in [-0.25, -0.2) is 0 Å². The molecule has 170 valence electrons. The van der Waals surface area contributed by atoms with Crippen LogP contribution in [0, 0.1) is 5.92 Å². The summed E-state index contributed by atoms with van der Waals surface area (Å²) in [6.07, 6.45) is -6.50. The lowest BCUT2D eigenvalue weighted by molar-refractivity contribution is -0.274. The molecule has 4 rings (SSSR count). The van der Waals surface area contributed by atoms with Crippen LogP contribution in [0.4, 0.5) is 32.0 Å². The molecule has 0 saturated heterocycles. The molecule has 1 heterocycles. The van der Waals surface area contributed by atoms with Crippen LogP contribution in [0.15, 0.2) is 48.6 Å². The molecule has 11 heteroatoms. The van der Waals surface area contributed by atoms with Crippen molar-refractivity contribution in [3.63, 3.8) is 0 Å². The van der Waals surface area contributed by atoms with Crippen molar-refractivity contribution < 1.29 is 35.9 Å². The Morgan fingerprint density at radius 1 is 1.00 bits per heavy atom. The van der Waals surface area contributed by atoms with Crippen molar-refractivity contribution in [2.24, 2.45) is 5.92 Å². The largest absolute Gasteiger partial charge is 0.573 e. The molecule has 3 nitrogen and oxygen atoms in total. The molecule has 2 aromatic rings. The van der Waals surface area contributed by atoms with Crippen molar-refractivity contribution in [3.05, 3.63) is 69.7 Å². The van der Waals surface area contributed by atoms with Gasteiger partial charge in [0.2, 0.25) is 0 Å². The number of hydrogen-bond acceptors (Lipinski definition) is 2. The predicted octanol–water partition coefficient (Wildman–Crippen LogP) is 7.20. The SMILES string of the molecule is O=C(N1c2ccc(OC(F)(F)F)cc2C2C=CCC2C1c1ccc(Cl)cc1Cl)C(F)(F)F. The monoisotopic (exact) mass is 495 g/mol. The zero-order chi connectivity index (χ0) is 23.4. The molecule has 0 saturated carbocycles. The first-order valence-electron chi connectivity index (χ1n) is 9.28. The molecule has 32 heavy (non-hydrogen) atoms. The molecule has 0 radical (unpaired) electrons. The van der Waals surface area contributed by atoms with Crippen LogP contribution in [0.25, 0.3) is 0 Å². The lowest BCUT2D eigenvalue weighted by Crippen LogP contribution is -2.49. The minimum absolute atomic E-state index is 0.0774. The summed E-state index contributed by atoms with van der Waals surface area (Å²) in [7, 11) is 0. The Hall–Kier alpha value is -2.39. The molecule has 1 amide bonds. The van der Waals surface area contributed by atoms with Crippen LogP contribution in [0.1, 0.15) is 29.5 Å². The number of rotatable bonds is 2. The van der Waals surface area contributed by atoms with Gasteiger partial charge in [0, 0.05) is 21.7 Å². The molecule has 1 aliphatic carbocycles. The van der Waals surface area contributed by atoms with E-state index < -0.39 is 42.1 Å². The smallest absolute Gasteiger partial charge is 0.406 e. The van der Waals surface area contributed by atoms with Crippen molar-refractivity contribution in [2.75, 3.05) is 4.90 Å². The minimum Gasteiger partial charge on any atom is -0.406 e. The Balaban J connectivity index is 1.92. The van der Waals surface area contributed by atoms with Crippen LogP contribution in [0.2, 0.25) is 10.0 Å². The standard InChI is InChI=1S/C21H13Cl2F6NO2/c22-10-4-6-14(16(23)8-10)18-13-3-1-2-12(13)15-9-11(32-21(27,28)29)5-7-17(15)30(18)19(31)20(24,25)26/h1-2,4-9,12-13,18H,3H2. The van der Waals surface area contributed by atoms with Gasteiger partial charge in [0.25, 0.3) is 0 Å². The highest BCUT2D eigenvalue weighted by Crippen LogP contribution is 2.55. The molecule has 1 aliphatic heterocycles. The Kier molecular flexibility index (Phi) is 5.61. The molecular formula is C21H13Cl2F6NO2. The number of alkyl halides is 6. The maximum absolute atomic E-state index is 13.6. The van der Waals surface area contributed by atoms with Crippen LogP contribution in [0.3, 0.4) is 0 Å². The van der Waals surface area contributed by atoms with Crippen LogP contribution in [0.5, 0.6) is 5.75 Å². The average Bonchev–Trinajstić information content (AvgIpc) is 3.15. The molecule has 0 aromatic heterocycles. The lowest BCUT2D eigenvalue weighted by atomic mass is 9.75. The summed E-state index contributed by atoms with van der Waals surface area (Å²) in [6.45, 7) is 0. The van der Waals surface area contributed by atoms with Gasteiger partial charge >= 0.3 is 18.4 Å². The minimum atomic E-state index is -5.23. The number of fused-ring (bicyclic) bond motifs is 3. The maximum atomic E-state index is 13.6. The Morgan fingerprint density at radius 3 is 2.34 bits per heavy atom. The van der Waals surface area contributed by atoms with E-state index in [0.717, 1.165) is 18.2 Å². The second-order valence-electron chi connectivity index (χ2n) is 7.41. The van der Waals surface area contributed by atoms with E-state index in [1.165, 1.54) is 18.2 Å². The number of allylic oxidation sites excluding steroid dienone is 2. The lowest BCUT2D eigenvalue weighted by Gasteiger charge is -2.45. The summed E-state index contributed by atoms with van der Waals surface area (Å²) in [5.41, 5.74) is 0.226. The first-order valence-corrected chi connectivity index (χ1v) is 10.0. The molecule has 2 aromatic carbocycles. The molecule has 2 aliphatic rings. The number of nitrogens with zero attached hydrogens (tertiary/aromatic N) is 1. The van der Waals surface area contributed by atoms with E-state index in [-0.39, 0.29) is 26.9 Å². The maximum Gasteiger partial charge on any atom is 0.573 e. The van der Waals surface area contributed by atoms with E-state index in [0.29, 0.717) is 11.3 Å². The molecule has 3 unspecified atom stereocenters. The fraction of sp³-hybridized carbons (Fsp3) is 0.286. The normalized spacial score (nSPS) is 22.5. The third kappa shape index (κ3) is 4.15.